The maximum Gasteiger partial charge on any atom is 0.322 e. The fourth-order valence-electron chi connectivity index (χ4n) is 4.08. The van der Waals surface area contributed by atoms with Crippen molar-refractivity contribution in [1.82, 2.24) is 20.5 Å². The van der Waals surface area contributed by atoms with Gasteiger partial charge in [0.25, 0.3) is 5.91 Å². The van der Waals surface area contributed by atoms with Gasteiger partial charge in [0.1, 0.15) is 5.76 Å². The summed E-state index contributed by atoms with van der Waals surface area (Å²) in [5, 5.41) is 4.81. The number of methoxy groups -OCH3 is 1. The average Bonchev–Trinajstić information content (AvgIpc) is 3.16. The third-order valence-electron chi connectivity index (χ3n) is 5.48. The van der Waals surface area contributed by atoms with E-state index in [0.29, 0.717) is 12.3 Å². The predicted molar refractivity (Wildman–Crippen MR) is 109 cm³/mol. The minimum atomic E-state index is -3.58. The van der Waals surface area contributed by atoms with E-state index in [9.17, 15) is 22.8 Å². The Hall–Kier alpha value is -3.41. The summed E-state index contributed by atoms with van der Waals surface area (Å²) in [5.41, 5.74) is -1.24. The SMILES string of the molecule is COC1=CC2C(=O)N(C[C@@]3(c4cncc(NS(C)(=O)=O)c4)NC(=O)NC3=O)CC2C=C1. The van der Waals surface area contributed by atoms with E-state index in [1.54, 1.807) is 12.2 Å². The molecule has 0 bridgehead atoms. The van der Waals surface area contributed by atoms with Crippen LogP contribution in [0.5, 0.6) is 0 Å². The molecular formula is C19H21N5O6S. The Morgan fingerprint density at radius 3 is 2.74 bits per heavy atom. The lowest BCUT2D eigenvalue weighted by Gasteiger charge is -2.31. The Bertz CT molecular complexity index is 1130. The molecule has 1 aliphatic carbocycles. The van der Waals surface area contributed by atoms with Crippen molar-refractivity contribution in [2.45, 2.75) is 5.54 Å². The third-order valence-corrected chi connectivity index (χ3v) is 6.09. The fourth-order valence-corrected chi connectivity index (χ4v) is 4.62. The molecule has 2 unspecified atom stereocenters. The van der Waals surface area contributed by atoms with Crippen LogP contribution in [0.1, 0.15) is 5.56 Å². The third kappa shape index (κ3) is 3.85. The number of fused-ring (bicyclic) bond motifs is 1. The van der Waals surface area contributed by atoms with Gasteiger partial charge in [-0.2, -0.15) is 0 Å². The number of carbonyl (C=O) groups excluding carboxylic acids is 3. The van der Waals surface area contributed by atoms with Gasteiger partial charge in [-0.3, -0.25) is 24.6 Å². The summed E-state index contributed by atoms with van der Waals surface area (Å²) < 4.78 is 30.7. The molecule has 0 saturated carbocycles. The number of carbonyl (C=O) groups is 3. The molecule has 3 N–H and O–H groups in total. The molecule has 164 valence electrons. The van der Waals surface area contributed by atoms with Crippen LogP contribution in [0.4, 0.5) is 10.5 Å². The summed E-state index contributed by atoms with van der Waals surface area (Å²) >= 11 is 0. The van der Waals surface area contributed by atoms with Gasteiger partial charge in [-0.15, -0.1) is 0 Å². The van der Waals surface area contributed by atoms with E-state index < -0.39 is 33.4 Å². The zero-order chi connectivity index (χ0) is 22.4. The molecule has 1 aromatic rings. The molecule has 31 heavy (non-hydrogen) atoms. The van der Waals surface area contributed by atoms with Crippen molar-refractivity contribution in [3.8, 4) is 0 Å². The zero-order valence-electron chi connectivity index (χ0n) is 16.8. The first-order valence-electron chi connectivity index (χ1n) is 9.41. The molecule has 1 aromatic heterocycles. The van der Waals surface area contributed by atoms with E-state index in [0.717, 1.165) is 6.26 Å². The molecule has 2 fully saturated rings. The molecule has 12 heteroatoms. The molecule has 0 spiro atoms. The number of amides is 4. The normalized spacial score (nSPS) is 27.5. The summed E-state index contributed by atoms with van der Waals surface area (Å²) in [6, 6.07) is 0.701. The standard InChI is InChI=1S/C19H21N5O6S/c1-30-14-4-3-11-9-24(16(25)15(11)6-14)10-19(17(26)21-18(27)22-19)12-5-13(8-20-7-12)23-31(2,28)29/h3-8,11,15,23H,9-10H2,1-2H3,(H2,21,22,26,27)/t11?,15?,19-/m0/s1. The van der Waals surface area contributed by atoms with Crippen molar-refractivity contribution >= 4 is 33.6 Å². The highest BCUT2D eigenvalue weighted by Crippen LogP contribution is 2.35. The molecule has 3 heterocycles. The van der Waals surface area contributed by atoms with Crippen LogP contribution in [0.25, 0.3) is 0 Å². The lowest BCUT2D eigenvalue weighted by Crippen LogP contribution is -2.53. The molecule has 3 atom stereocenters. The van der Waals surface area contributed by atoms with Crippen LogP contribution < -0.4 is 15.4 Å². The molecule has 2 saturated heterocycles. The van der Waals surface area contributed by atoms with Crippen molar-refractivity contribution in [1.29, 1.82) is 0 Å². The fraction of sp³-hybridized carbons (Fsp3) is 0.368. The Labute approximate surface area is 178 Å². The van der Waals surface area contributed by atoms with Crippen molar-refractivity contribution in [2.75, 3.05) is 31.2 Å². The number of pyridine rings is 1. The second kappa shape index (κ2) is 7.38. The minimum Gasteiger partial charge on any atom is -0.497 e. The van der Waals surface area contributed by atoms with E-state index in [2.05, 4.69) is 20.3 Å². The van der Waals surface area contributed by atoms with Crippen LogP contribution in [-0.2, 0) is 29.9 Å². The van der Waals surface area contributed by atoms with Gasteiger partial charge < -0.3 is 15.0 Å². The van der Waals surface area contributed by atoms with Crippen molar-refractivity contribution in [2.24, 2.45) is 11.8 Å². The van der Waals surface area contributed by atoms with Crippen LogP contribution in [0, 0.1) is 11.8 Å². The minimum absolute atomic E-state index is 0.0834. The Balaban J connectivity index is 1.68. The summed E-state index contributed by atoms with van der Waals surface area (Å²) in [5.74, 6) is -0.770. The van der Waals surface area contributed by atoms with Crippen molar-refractivity contribution in [3.05, 3.63) is 48.0 Å². The number of likely N-dealkylation sites (tertiary alicyclic amines) is 1. The molecular weight excluding hydrogens is 426 g/mol. The average molecular weight is 447 g/mol. The first-order chi connectivity index (χ1) is 14.6. The van der Waals surface area contributed by atoms with Crippen LogP contribution in [0.15, 0.2) is 42.4 Å². The van der Waals surface area contributed by atoms with E-state index in [1.165, 1.54) is 30.5 Å². The van der Waals surface area contributed by atoms with Gasteiger partial charge in [-0.1, -0.05) is 6.08 Å². The highest BCUT2D eigenvalue weighted by atomic mass is 32.2. The van der Waals surface area contributed by atoms with E-state index >= 15 is 0 Å². The number of nitrogens with zero attached hydrogens (tertiary/aromatic N) is 2. The number of hydrogen-bond donors (Lipinski definition) is 3. The smallest absolute Gasteiger partial charge is 0.322 e. The quantitative estimate of drug-likeness (QED) is 0.506. The molecule has 0 aromatic carbocycles. The van der Waals surface area contributed by atoms with Gasteiger partial charge >= 0.3 is 6.03 Å². The summed E-state index contributed by atoms with van der Waals surface area (Å²) in [7, 11) is -2.06. The number of imide groups is 1. The maximum absolute atomic E-state index is 13.0. The zero-order valence-corrected chi connectivity index (χ0v) is 17.6. The number of anilines is 1. The van der Waals surface area contributed by atoms with Gasteiger partial charge in [-0.05, 0) is 18.2 Å². The highest BCUT2D eigenvalue weighted by Gasteiger charge is 2.52. The first-order valence-corrected chi connectivity index (χ1v) is 11.3. The number of aromatic nitrogens is 1. The van der Waals surface area contributed by atoms with E-state index in [-0.39, 0.29) is 29.6 Å². The Morgan fingerprint density at radius 1 is 1.32 bits per heavy atom. The lowest BCUT2D eigenvalue weighted by molar-refractivity contribution is -0.132. The monoisotopic (exact) mass is 447 g/mol. The molecule has 4 amide bonds. The van der Waals surface area contributed by atoms with E-state index in [4.69, 9.17) is 4.74 Å². The Kier molecular flexibility index (Phi) is 4.96. The maximum atomic E-state index is 13.0. The van der Waals surface area contributed by atoms with Crippen LogP contribution >= 0.6 is 0 Å². The Morgan fingerprint density at radius 2 is 2.10 bits per heavy atom. The number of allylic oxidation sites excluding steroid dienone is 1. The topological polar surface area (TPSA) is 147 Å². The van der Waals surface area contributed by atoms with Gasteiger partial charge in [0.05, 0.1) is 37.7 Å². The predicted octanol–water partition coefficient (Wildman–Crippen LogP) is -0.337. The van der Waals surface area contributed by atoms with Crippen LogP contribution in [0.2, 0.25) is 0 Å². The second-order valence-corrected chi connectivity index (χ2v) is 9.44. The summed E-state index contributed by atoms with van der Waals surface area (Å²) in [4.78, 5) is 43.5. The number of rotatable bonds is 6. The highest BCUT2D eigenvalue weighted by molar-refractivity contribution is 7.92. The second-order valence-electron chi connectivity index (χ2n) is 7.69. The summed E-state index contributed by atoms with van der Waals surface area (Å²) in [6.07, 6.45) is 9.05. The van der Waals surface area contributed by atoms with Gasteiger partial charge in [0.2, 0.25) is 15.9 Å². The number of ether oxygens (including phenoxy) is 1. The van der Waals surface area contributed by atoms with Gasteiger partial charge in [0, 0.05) is 24.2 Å². The van der Waals surface area contributed by atoms with E-state index in [1.807, 2.05) is 6.08 Å². The number of nitrogens with one attached hydrogen (secondary N) is 3. The lowest BCUT2D eigenvalue weighted by atomic mass is 9.90. The number of urea groups is 1. The van der Waals surface area contributed by atoms with Crippen molar-refractivity contribution in [3.63, 3.8) is 0 Å². The number of hydrogen-bond acceptors (Lipinski definition) is 7. The first kappa shape index (κ1) is 20.8. The summed E-state index contributed by atoms with van der Waals surface area (Å²) in [6.45, 7) is 0.220. The molecule has 0 radical (unpaired) electrons. The molecule has 4 rings (SSSR count). The van der Waals surface area contributed by atoms with Gasteiger partial charge in [-0.25, -0.2) is 13.2 Å². The largest absolute Gasteiger partial charge is 0.497 e. The van der Waals surface area contributed by atoms with Crippen LogP contribution in [0.3, 0.4) is 0 Å². The molecule has 3 aliphatic rings. The molecule has 11 nitrogen and oxygen atoms in total. The van der Waals surface area contributed by atoms with Crippen LogP contribution in [-0.4, -0.2) is 62.6 Å². The van der Waals surface area contributed by atoms with Crippen molar-refractivity contribution < 1.29 is 27.5 Å². The van der Waals surface area contributed by atoms with Gasteiger partial charge in [0.15, 0.2) is 5.54 Å². The number of sulfonamides is 1. The molecule has 2 aliphatic heterocycles.